The van der Waals surface area contributed by atoms with Crippen LogP contribution in [0.2, 0.25) is 0 Å². The van der Waals surface area contributed by atoms with Gasteiger partial charge in [0.25, 0.3) is 0 Å². The van der Waals surface area contributed by atoms with E-state index >= 15 is 0 Å². The highest BCUT2D eigenvalue weighted by Crippen LogP contribution is 2.20. The standard InChI is InChI=1S/C2H6BrO3P/c1-2(3)6-7(4)5/h2,7H,1H3,(H,4,5). The molecule has 0 saturated heterocycles. The number of halogens is 1. The van der Waals surface area contributed by atoms with Crippen molar-refractivity contribution in [3.63, 3.8) is 0 Å². The summed E-state index contributed by atoms with van der Waals surface area (Å²) in [6.07, 6.45) is 0. The largest absolute Gasteiger partial charge is 0.326 e. The van der Waals surface area contributed by atoms with Crippen molar-refractivity contribution in [2.75, 3.05) is 0 Å². The Morgan fingerprint density at radius 3 is 2.43 bits per heavy atom. The van der Waals surface area contributed by atoms with E-state index in [-0.39, 0.29) is 5.01 Å². The molecule has 2 atom stereocenters. The zero-order valence-electron chi connectivity index (χ0n) is 3.72. The molecule has 0 aromatic rings. The van der Waals surface area contributed by atoms with Crippen molar-refractivity contribution < 1.29 is 14.0 Å². The summed E-state index contributed by atoms with van der Waals surface area (Å²) >= 11 is 2.92. The molecule has 2 unspecified atom stereocenters. The second-order valence-electron chi connectivity index (χ2n) is 0.927. The molecule has 0 aliphatic rings. The molecule has 0 aliphatic carbocycles. The maximum Gasteiger partial charge on any atom is 0.317 e. The van der Waals surface area contributed by atoms with Crippen molar-refractivity contribution in [1.82, 2.24) is 0 Å². The molecule has 0 amide bonds. The summed E-state index contributed by atoms with van der Waals surface area (Å²) in [5.74, 6) is 0. The van der Waals surface area contributed by atoms with Gasteiger partial charge in [-0.3, -0.25) is 9.09 Å². The monoisotopic (exact) mass is 188 g/mol. The number of hydrogen-bond donors (Lipinski definition) is 1. The van der Waals surface area contributed by atoms with E-state index in [0.717, 1.165) is 0 Å². The van der Waals surface area contributed by atoms with Gasteiger partial charge in [-0.05, 0) is 6.92 Å². The Hall–Kier alpha value is 0.630. The Bertz CT molecular complexity index is 73.3. The Balaban J connectivity index is 3.13. The topological polar surface area (TPSA) is 46.5 Å². The van der Waals surface area contributed by atoms with Gasteiger partial charge in [0.2, 0.25) is 0 Å². The SMILES string of the molecule is CC(Br)O[PH](=O)O. The van der Waals surface area contributed by atoms with Crippen LogP contribution < -0.4 is 0 Å². The van der Waals surface area contributed by atoms with Crippen LogP contribution >= 0.6 is 24.2 Å². The van der Waals surface area contributed by atoms with Gasteiger partial charge < -0.3 is 4.89 Å². The van der Waals surface area contributed by atoms with Crippen LogP contribution in [0.3, 0.4) is 0 Å². The molecule has 5 heteroatoms. The minimum Gasteiger partial charge on any atom is -0.326 e. The van der Waals surface area contributed by atoms with Crippen LogP contribution in [0.15, 0.2) is 0 Å². The smallest absolute Gasteiger partial charge is 0.317 e. The van der Waals surface area contributed by atoms with E-state index in [1.165, 1.54) is 0 Å². The molecule has 0 radical (unpaired) electrons. The fraction of sp³-hybridized carbons (Fsp3) is 1.00. The number of alkyl halides is 1. The third-order valence-corrected chi connectivity index (χ3v) is 1.35. The van der Waals surface area contributed by atoms with Gasteiger partial charge in [-0.15, -0.1) is 0 Å². The molecule has 7 heavy (non-hydrogen) atoms. The molecule has 1 N–H and O–H groups in total. The lowest BCUT2D eigenvalue weighted by molar-refractivity contribution is 0.279. The zero-order valence-corrected chi connectivity index (χ0v) is 6.31. The fourth-order valence-corrected chi connectivity index (χ4v) is 0.896. The zero-order chi connectivity index (χ0) is 5.86. The van der Waals surface area contributed by atoms with Gasteiger partial charge in [-0.25, -0.2) is 0 Å². The fourth-order valence-electron chi connectivity index (χ4n) is 0.139. The average molecular weight is 189 g/mol. The summed E-state index contributed by atoms with van der Waals surface area (Å²) in [5, 5.41) is -0.330. The Morgan fingerprint density at radius 1 is 2.00 bits per heavy atom. The molecule has 0 bridgehead atoms. The minimum absolute atomic E-state index is 0.330. The molecule has 0 aliphatic heterocycles. The van der Waals surface area contributed by atoms with Crippen LogP contribution in [0, 0.1) is 0 Å². The molecule has 0 rings (SSSR count). The van der Waals surface area contributed by atoms with Gasteiger partial charge in [0, 0.05) is 0 Å². The summed E-state index contributed by atoms with van der Waals surface area (Å²) in [7, 11) is -2.73. The van der Waals surface area contributed by atoms with E-state index < -0.39 is 8.25 Å². The first kappa shape index (κ1) is 7.63. The van der Waals surface area contributed by atoms with Gasteiger partial charge in [0.05, 0.1) is 0 Å². The van der Waals surface area contributed by atoms with Crippen molar-refractivity contribution in [3.05, 3.63) is 0 Å². The number of rotatable bonds is 2. The highest BCUT2D eigenvalue weighted by molar-refractivity contribution is 9.09. The van der Waals surface area contributed by atoms with Gasteiger partial charge >= 0.3 is 8.25 Å². The Morgan fingerprint density at radius 2 is 2.43 bits per heavy atom. The van der Waals surface area contributed by atoms with E-state index in [2.05, 4.69) is 20.5 Å². The average Bonchev–Trinajstić information content (AvgIpc) is 1.27. The first-order valence-corrected chi connectivity index (χ1v) is 3.84. The van der Waals surface area contributed by atoms with Crippen molar-refractivity contribution in [1.29, 1.82) is 0 Å². The van der Waals surface area contributed by atoms with Crippen molar-refractivity contribution in [3.8, 4) is 0 Å². The number of hydrogen-bond acceptors (Lipinski definition) is 2. The second-order valence-corrected chi connectivity index (χ2v) is 2.98. The quantitative estimate of drug-likeness (QED) is 0.522. The molecule has 3 nitrogen and oxygen atoms in total. The van der Waals surface area contributed by atoms with E-state index in [4.69, 9.17) is 4.89 Å². The van der Waals surface area contributed by atoms with E-state index in [0.29, 0.717) is 0 Å². The summed E-state index contributed by atoms with van der Waals surface area (Å²) < 4.78 is 14.0. The Labute approximate surface area is 50.8 Å². The molecular weight excluding hydrogens is 183 g/mol. The lowest BCUT2D eigenvalue weighted by Gasteiger charge is -1.97. The van der Waals surface area contributed by atoms with Crippen LogP contribution in [0.25, 0.3) is 0 Å². The maximum absolute atomic E-state index is 9.74. The molecule has 44 valence electrons. The third-order valence-electron chi connectivity index (χ3n) is 0.263. The van der Waals surface area contributed by atoms with Crippen LogP contribution in [0.1, 0.15) is 6.92 Å². The summed E-state index contributed by atoms with van der Waals surface area (Å²) in [6.45, 7) is 1.62. The van der Waals surface area contributed by atoms with E-state index in [9.17, 15) is 4.57 Å². The lowest BCUT2D eigenvalue weighted by Crippen LogP contribution is -1.87. The lowest BCUT2D eigenvalue weighted by atomic mass is 10.9. The van der Waals surface area contributed by atoms with Crippen molar-refractivity contribution >= 4 is 24.2 Å². The molecule has 0 aromatic heterocycles. The summed E-state index contributed by atoms with van der Waals surface area (Å²) in [4.78, 5) is 8.02. The molecular formula is C2H6BrO3P. The van der Waals surface area contributed by atoms with Gasteiger partial charge in [-0.1, -0.05) is 15.9 Å². The predicted octanol–water partition coefficient (Wildman–Crippen LogP) is 1.13. The van der Waals surface area contributed by atoms with Gasteiger partial charge in [0.1, 0.15) is 5.01 Å². The maximum atomic E-state index is 9.74. The molecule has 0 fully saturated rings. The summed E-state index contributed by atoms with van der Waals surface area (Å²) in [6, 6.07) is 0. The van der Waals surface area contributed by atoms with Crippen LogP contribution in [-0.2, 0) is 9.09 Å². The van der Waals surface area contributed by atoms with E-state index in [1.54, 1.807) is 6.92 Å². The Kier molecular flexibility index (Phi) is 3.93. The highest BCUT2D eigenvalue weighted by Gasteiger charge is 1.95. The van der Waals surface area contributed by atoms with Crippen molar-refractivity contribution in [2.24, 2.45) is 0 Å². The summed E-state index contributed by atoms with van der Waals surface area (Å²) in [5.41, 5.74) is 0. The third kappa shape index (κ3) is 6.63. The first-order chi connectivity index (χ1) is 3.13. The second kappa shape index (κ2) is 3.61. The molecule has 0 aromatic carbocycles. The van der Waals surface area contributed by atoms with Crippen LogP contribution in [0.4, 0.5) is 0 Å². The van der Waals surface area contributed by atoms with Gasteiger partial charge in [0.15, 0.2) is 0 Å². The van der Waals surface area contributed by atoms with Gasteiger partial charge in [-0.2, -0.15) is 0 Å². The first-order valence-electron chi connectivity index (χ1n) is 1.66. The minimum atomic E-state index is -2.73. The normalized spacial score (nSPS) is 18.7. The van der Waals surface area contributed by atoms with Crippen molar-refractivity contribution in [2.45, 2.75) is 11.9 Å². The van der Waals surface area contributed by atoms with E-state index in [1.807, 2.05) is 0 Å². The molecule has 0 saturated carbocycles. The highest BCUT2D eigenvalue weighted by atomic mass is 79.9. The molecule has 0 spiro atoms. The molecule has 0 heterocycles. The van der Waals surface area contributed by atoms with Crippen LogP contribution in [-0.4, -0.2) is 9.91 Å². The van der Waals surface area contributed by atoms with Crippen LogP contribution in [0.5, 0.6) is 0 Å². The predicted molar refractivity (Wildman–Crippen MR) is 30.7 cm³/mol.